The van der Waals surface area contributed by atoms with Crippen molar-refractivity contribution < 1.29 is 9.59 Å². The molecule has 16 heavy (non-hydrogen) atoms. The normalized spacial score (nSPS) is 12.2. The van der Waals surface area contributed by atoms with Crippen LogP contribution in [0, 0.1) is 12.8 Å². The summed E-state index contributed by atoms with van der Waals surface area (Å²) in [5, 5.41) is 0. The summed E-state index contributed by atoms with van der Waals surface area (Å²) < 4.78 is 0.924. The number of hydrogen-bond acceptors (Lipinski definition) is 2. The minimum Gasteiger partial charge on any atom is -0.300 e. The molecule has 0 spiro atoms. The average molecular weight is 283 g/mol. The van der Waals surface area contributed by atoms with Crippen LogP contribution in [0.4, 0.5) is 0 Å². The number of carbonyl (C=O) groups is 2. The minimum atomic E-state index is -0.243. The summed E-state index contributed by atoms with van der Waals surface area (Å²) in [6.07, 6.45) is 0.310. The second kappa shape index (κ2) is 5.39. The molecule has 0 aromatic heterocycles. The highest BCUT2D eigenvalue weighted by Crippen LogP contribution is 2.20. The summed E-state index contributed by atoms with van der Waals surface area (Å²) in [6, 6.07) is 5.52. The van der Waals surface area contributed by atoms with Crippen LogP contribution in [0.15, 0.2) is 22.7 Å². The van der Waals surface area contributed by atoms with Crippen molar-refractivity contribution in [3.63, 3.8) is 0 Å². The molecule has 0 radical (unpaired) electrons. The smallest absolute Gasteiger partial charge is 0.166 e. The first-order valence-corrected chi connectivity index (χ1v) is 6.01. The van der Waals surface area contributed by atoms with Gasteiger partial charge in [0.1, 0.15) is 5.78 Å². The molecule has 1 atom stereocenters. The van der Waals surface area contributed by atoms with Gasteiger partial charge in [-0.15, -0.1) is 0 Å². The van der Waals surface area contributed by atoms with E-state index in [9.17, 15) is 9.59 Å². The van der Waals surface area contributed by atoms with Crippen molar-refractivity contribution in [3.05, 3.63) is 33.8 Å². The maximum atomic E-state index is 12.0. The summed E-state index contributed by atoms with van der Waals surface area (Å²) in [6.45, 7) is 5.27. The lowest BCUT2D eigenvalue weighted by Gasteiger charge is -2.09. The Balaban J connectivity index is 2.88. The Morgan fingerprint density at radius 2 is 2.00 bits per heavy atom. The molecule has 1 aromatic carbocycles. The predicted octanol–water partition coefficient (Wildman–Crippen LogP) is 3.56. The van der Waals surface area contributed by atoms with Gasteiger partial charge in [-0.3, -0.25) is 4.79 Å². The Bertz CT molecular complexity index is 424. The van der Waals surface area contributed by atoms with Crippen LogP contribution in [0.25, 0.3) is 0 Å². The Morgan fingerprint density at radius 1 is 1.38 bits per heavy atom. The zero-order chi connectivity index (χ0) is 12.3. The number of Topliss-reactive ketones (excluding diaryl/α,β-unsaturated/α-hetero) is 2. The molecule has 0 fully saturated rings. The fourth-order valence-corrected chi connectivity index (χ4v) is 1.93. The van der Waals surface area contributed by atoms with Gasteiger partial charge < -0.3 is 4.79 Å². The molecule has 0 bridgehead atoms. The van der Waals surface area contributed by atoms with Gasteiger partial charge in [-0.25, -0.2) is 0 Å². The number of carbonyl (C=O) groups excluding carboxylic acids is 2. The number of rotatable bonds is 4. The third-order valence-electron chi connectivity index (χ3n) is 2.50. The second-order valence-corrected chi connectivity index (χ2v) is 4.99. The van der Waals surface area contributed by atoms with E-state index in [1.54, 1.807) is 13.0 Å². The van der Waals surface area contributed by atoms with E-state index in [4.69, 9.17) is 0 Å². The van der Waals surface area contributed by atoms with E-state index in [0.29, 0.717) is 12.0 Å². The molecule has 0 aliphatic rings. The quantitative estimate of drug-likeness (QED) is 0.792. The number of ketones is 2. The Morgan fingerprint density at radius 3 is 2.50 bits per heavy atom. The van der Waals surface area contributed by atoms with E-state index in [0.717, 1.165) is 10.0 Å². The lowest BCUT2D eigenvalue weighted by Crippen LogP contribution is -2.14. The van der Waals surface area contributed by atoms with Crippen LogP contribution in [0.2, 0.25) is 0 Å². The number of benzene rings is 1. The molecule has 0 saturated carbocycles. The van der Waals surface area contributed by atoms with Gasteiger partial charge in [0.2, 0.25) is 0 Å². The number of halogens is 1. The van der Waals surface area contributed by atoms with Crippen molar-refractivity contribution >= 4 is 27.5 Å². The van der Waals surface area contributed by atoms with Crippen LogP contribution < -0.4 is 0 Å². The van der Waals surface area contributed by atoms with Crippen LogP contribution in [0.3, 0.4) is 0 Å². The van der Waals surface area contributed by atoms with Crippen LogP contribution in [0.5, 0.6) is 0 Å². The summed E-state index contributed by atoms with van der Waals surface area (Å²) >= 11 is 3.40. The summed E-state index contributed by atoms with van der Waals surface area (Å²) in [5.74, 6) is -0.171. The molecule has 1 unspecified atom stereocenters. The summed E-state index contributed by atoms with van der Waals surface area (Å²) in [5.41, 5.74) is 1.75. The van der Waals surface area contributed by atoms with Crippen molar-refractivity contribution in [2.24, 2.45) is 5.92 Å². The van der Waals surface area contributed by atoms with Gasteiger partial charge in [0, 0.05) is 22.4 Å². The fourth-order valence-electron chi connectivity index (χ4n) is 1.55. The molecule has 1 aromatic rings. The highest BCUT2D eigenvalue weighted by molar-refractivity contribution is 9.10. The summed E-state index contributed by atoms with van der Waals surface area (Å²) in [4.78, 5) is 22.9. The van der Waals surface area contributed by atoms with Gasteiger partial charge in [0.25, 0.3) is 0 Å². The number of hydrogen-bond donors (Lipinski definition) is 0. The SMILES string of the molecule is CC(=O)CC(C)C(=O)c1ccc(C)c(Br)c1. The molecule has 2 nitrogen and oxygen atoms in total. The first-order chi connectivity index (χ1) is 7.41. The lowest BCUT2D eigenvalue weighted by molar-refractivity contribution is -0.117. The lowest BCUT2D eigenvalue weighted by atomic mass is 9.94. The van der Waals surface area contributed by atoms with Crippen molar-refractivity contribution in [2.45, 2.75) is 27.2 Å². The highest BCUT2D eigenvalue weighted by Gasteiger charge is 2.17. The molecule has 86 valence electrons. The van der Waals surface area contributed by atoms with Crippen LogP contribution in [-0.2, 0) is 4.79 Å². The number of aryl methyl sites for hydroxylation is 1. The fraction of sp³-hybridized carbons (Fsp3) is 0.385. The van der Waals surface area contributed by atoms with Crippen molar-refractivity contribution in [1.82, 2.24) is 0 Å². The molecule has 0 N–H and O–H groups in total. The van der Waals surface area contributed by atoms with E-state index in [2.05, 4.69) is 15.9 Å². The van der Waals surface area contributed by atoms with Crippen molar-refractivity contribution in [3.8, 4) is 0 Å². The second-order valence-electron chi connectivity index (χ2n) is 4.14. The van der Waals surface area contributed by atoms with Gasteiger partial charge in [-0.1, -0.05) is 35.0 Å². The Hall–Kier alpha value is -0.960. The van der Waals surface area contributed by atoms with E-state index in [-0.39, 0.29) is 17.5 Å². The van der Waals surface area contributed by atoms with Gasteiger partial charge in [0.15, 0.2) is 5.78 Å². The first-order valence-electron chi connectivity index (χ1n) is 5.21. The maximum Gasteiger partial charge on any atom is 0.166 e. The van der Waals surface area contributed by atoms with E-state index >= 15 is 0 Å². The molecule has 3 heteroatoms. The van der Waals surface area contributed by atoms with E-state index < -0.39 is 0 Å². The largest absolute Gasteiger partial charge is 0.300 e. The van der Waals surface area contributed by atoms with Gasteiger partial charge in [-0.2, -0.15) is 0 Å². The maximum absolute atomic E-state index is 12.0. The highest BCUT2D eigenvalue weighted by atomic mass is 79.9. The van der Waals surface area contributed by atoms with Crippen LogP contribution >= 0.6 is 15.9 Å². The van der Waals surface area contributed by atoms with Crippen LogP contribution in [-0.4, -0.2) is 11.6 Å². The first kappa shape index (κ1) is 13.1. The third kappa shape index (κ3) is 3.27. The Kier molecular flexibility index (Phi) is 4.42. The molecular weight excluding hydrogens is 268 g/mol. The standard InChI is InChI=1S/C13H15BrO2/c1-8-4-5-11(7-12(8)14)13(16)9(2)6-10(3)15/h4-5,7,9H,6H2,1-3H3. The van der Waals surface area contributed by atoms with Gasteiger partial charge in [0.05, 0.1) is 0 Å². The Labute approximate surface area is 104 Å². The zero-order valence-electron chi connectivity index (χ0n) is 9.71. The van der Waals surface area contributed by atoms with Gasteiger partial charge >= 0.3 is 0 Å². The minimum absolute atomic E-state index is 0.0240. The van der Waals surface area contributed by atoms with Crippen molar-refractivity contribution in [2.75, 3.05) is 0 Å². The molecule has 0 amide bonds. The molecule has 0 aliphatic carbocycles. The van der Waals surface area contributed by atoms with Gasteiger partial charge in [-0.05, 0) is 25.5 Å². The molecule has 0 saturated heterocycles. The van der Waals surface area contributed by atoms with E-state index in [1.807, 2.05) is 19.1 Å². The topological polar surface area (TPSA) is 34.1 Å². The monoisotopic (exact) mass is 282 g/mol. The van der Waals surface area contributed by atoms with Crippen LogP contribution in [0.1, 0.15) is 36.2 Å². The average Bonchev–Trinajstić information content (AvgIpc) is 2.20. The molecule has 0 heterocycles. The van der Waals surface area contributed by atoms with E-state index in [1.165, 1.54) is 6.92 Å². The molecule has 1 rings (SSSR count). The predicted molar refractivity (Wildman–Crippen MR) is 67.7 cm³/mol. The summed E-state index contributed by atoms with van der Waals surface area (Å²) in [7, 11) is 0. The molecular formula is C13H15BrO2. The zero-order valence-corrected chi connectivity index (χ0v) is 11.3. The molecule has 0 aliphatic heterocycles. The van der Waals surface area contributed by atoms with Crippen molar-refractivity contribution in [1.29, 1.82) is 0 Å². The third-order valence-corrected chi connectivity index (χ3v) is 3.35.